The number of aryl methyl sites for hydroxylation is 1. The molecule has 0 aliphatic heterocycles. The zero-order valence-corrected chi connectivity index (χ0v) is 16.5. The van der Waals surface area contributed by atoms with E-state index in [0.29, 0.717) is 29.8 Å². The number of nitrogens with one attached hydrogen (secondary N) is 1. The predicted octanol–water partition coefficient (Wildman–Crippen LogP) is 5.34. The molecule has 1 heterocycles. The summed E-state index contributed by atoms with van der Waals surface area (Å²) in [6.07, 6.45) is 5.85. The van der Waals surface area contributed by atoms with Crippen LogP contribution in [0.25, 0.3) is 11.4 Å². The molecule has 1 N–H and O–H groups in total. The van der Waals surface area contributed by atoms with Gasteiger partial charge in [-0.25, -0.2) is 0 Å². The second-order valence-corrected chi connectivity index (χ2v) is 8.29. The third kappa shape index (κ3) is 4.81. The standard InChI is InChI=1S/C22H23N3O2S/c26-20(14-15-21-24-22(25-27-21)16-8-2-1-3-9-16)23-18-12-6-7-13-19(18)28-17-10-4-5-11-17/h1-3,6-9,12-13,17H,4-5,10-11,14-15H2,(H,23,26). The molecule has 0 bridgehead atoms. The molecule has 0 saturated heterocycles. The van der Waals surface area contributed by atoms with E-state index in [2.05, 4.69) is 21.5 Å². The Morgan fingerprint density at radius 1 is 1.07 bits per heavy atom. The molecule has 0 atom stereocenters. The van der Waals surface area contributed by atoms with Crippen LogP contribution in [0.5, 0.6) is 0 Å². The first-order valence-electron chi connectivity index (χ1n) is 9.71. The number of nitrogens with zero attached hydrogens (tertiary/aromatic N) is 2. The molecule has 1 saturated carbocycles. The Kier molecular flexibility index (Phi) is 6.07. The Labute approximate surface area is 168 Å². The summed E-state index contributed by atoms with van der Waals surface area (Å²) in [4.78, 5) is 18.0. The number of rotatable bonds is 7. The lowest BCUT2D eigenvalue weighted by molar-refractivity contribution is -0.116. The molecule has 1 fully saturated rings. The Morgan fingerprint density at radius 3 is 2.64 bits per heavy atom. The molecule has 28 heavy (non-hydrogen) atoms. The first kappa shape index (κ1) is 18.7. The van der Waals surface area contributed by atoms with Gasteiger partial charge in [-0.05, 0) is 25.0 Å². The van der Waals surface area contributed by atoms with Crippen molar-refractivity contribution in [3.05, 3.63) is 60.5 Å². The van der Waals surface area contributed by atoms with E-state index >= 15 is 0 Å². The summed E-state index contributed by atoms with van der Waals surface area (Å²) in [6, 6.07) is 17.7. The van der Waals surface area contributed by atoms with Gasteiger partial charge in [0, 0.05) is 28.6 Å². The van der Waals surface area contributed by atoms with Gasteiger partial charge in [0.2, 0.25) is 17.6 Å². The van der Waals surface area contributed by atoms with Crippen LogP contribution in [0.3, 0.4) is 0 Å². The van der Waals surface area contributed by atoms with Crippen LogP contribution in [0, 0.1) is 0 Å². The maximum atomic E-state index is 12.4. The van der Waals surface area contributed by atoms with Gasteiger partial charge in [-0.1, -0.05) is 60.5 Å². The average Bonchev–Trinajstić information content (AvgIpc) is 3.41. The summed E-state index contributed by atoms with van der Waals surface area (Å²) in [6.45, 7) is 0. The van der Waals surface area contributed by atoms with Gasteiger partial charge < -0.3 is 9.84 Å². The fraction of sp³-hybridized carbons (Fsp3) is 0.318. The third-order valence-corrected chi connectivity index (χ3v) is 6.24. The lowest BCUT2D eigenvalue weighted by atomic mass is 10.2. The van der Waals surface area contributed by atoms with Crippen molar-refractivity contribution >= 4 is 23.4 Å². The first-order valence-corrected chi connectivity index (χ1v) is 10.6. The summed E-state index contributed by atoms with van der Waals surface area (Å²) in [5.74, 6) is 0.982. The van der Waals surface area contributed by atoms with E-state index in [1.54, 1.807) is 0 Å². The van der Waals surface area contributed by atoms with Crippen LogP contribution in [0.15, 0.2) is 64.0 Å². The fourth-order valence-corrected chi connectivity index (χ4v) is 4.68. The number of hydrogen-bond donors (Lipinski definition) is 1. The van der Waals surface area contributed by atoms with Gasteiger partial charge >= 0.3 is 0 Å². The van der Waals surface area contributed by atoms with E-state index in [4.69, 9.17) is 4.52 Å². The monoisotopic (exact) mass is 393 g/mol. The normalized spacial score (nSPS) is 14.3. The number of carbonyl (C=O) groups excluding carboxylic acids is 1. The molecule has 1 aliphatic carbocycles. The Morgan fingerprint density at radius 2 is 1.82 bits per heavy atom. The molecule has 2 aromatic carbocycles. The molecule has 1 aliphatic rings. The van der Waals surface area contributed by atoms with E-state index < -0.39 is 0 Å². The number of anilines is 1. The first-order chi connectivity index (χ1) is 13.8. The lowest BCUT2D eigenvalue weighted by Crippen LogP contribution is -2.13. The smallest absolute Gasteiger partial charge is 0.227 e. The molecule has 4 rings (SSSR count). The molecule has 144 valence electrons. The minimum Gasteiger partial charge on any atom is -0.339 e. The SMILES string of the molecule is O=C(CCc1nc(-c2ccccc2)no1)Nc1ccccc1SC1CCCC1. The minimum absolute atomic E-state index is 0.0427. The van der Waals surface area contributed by atoms with Gasteiger partial charge in [0.05, 0.1) is 5.69 Å². The molecule has 3 aromatic rings. The number of para-hydroxylation sites is 1. The van der Waals surface area contributed by atoms with Crippen LogP contribution >= 0.6 is 11.8 Å². The highest BCUT2D eigenvalue weighted by molar-refractivity contribution is 8.00. The van der Waals surface area contributed by atoms with Crippen LogP contribution in [0.4, 0.5) is 5.69 Å². The van der Waals surface area contributed by atoms with Crippen molar-refractivity contribution in [2.45, 2.75) is 48.7 Å². The maximum Gasteiger partial charge on any atom is 0.227 e. The number of aromatic nitrogens is 2. The highest BCUT2D eigenvalue weighted by atomic mass is 32.2. The molecule has 0 unspecified atom stereocenters. The minimum atomic E-state index is -0.0427. The number of benzene rings is 2. The van der Waals surface area contributed by atoms with E-state index in [9.17, 15) is 4.79 Å². The van der Waals surface area contributed by atoms with Crippen molar-refractivity contribution in [2.24, 2.45) is 0 Å². The number of amides is 1. The molecule has 0 spiro atoms. The van der Waals surface area contributed by atoms with Crippen molar-refractivity contribution in [1.82, 2.24) is 10.1 Å². The second-order valence-electron chi connectivity index (χ2n) is 6.95. The van der Waals surface area contributed by atoms with Gasteiger partial charge in [-0.3, -0.25) is 4.79 Å². The van der Waals surface area contributed by atoms with Crippen molar-refractivity contribution in [1.29, 1.82) is 0 Å². The summed E-state index contributed by atoms with van der Waals surface area (Å²) in [5.41, 5.74) is 1.79. The predicted molar refractivity (Wildman–Crippen MR) is 111 cm³/mol. The largest absolute Gasteiger partial charge is 0.339 e. The summed E-state index contributed by atoms with van der Waals surface area (Å²) < 4.78 is 5.29. The second kappa shape index (κ2) is 9.06. The zero-order chi connectivity index (χ0) is 19.2. The third-order valence-electron chi connectivity index (χ3n) is 4.82. The van der Waals surface area contributed by atoms with Gasteiger partial charge in [0.15, 0.2) is 0 Å². The van der Waals surface area contributed by atoms with Gasteiger partial charge in [-0.15, -0.1) is 11.8 Å². The molecule has 5 nitrogen and oxygen atoms in total. The van der Waals surface area contributed by atoms with E-state index in [-0.39, 0.29) is 5.91 Å². The Bertz CT molecular complexity index is 920. The molecule has 1 amide bonds. The van der Waals surface area contributed by atoms with Crippen LogP contribution in [-0.2, 0) is 11.2 Å². The summed E-state index contributed by atoms with van der Waals surface area (Å²) in [5, 5.41) is 7.70. The van der Waals surface area contributed by atoms with Crippen LogP contribution in [0.2, 0.25) is 0 Å². The summed E-state index contributed by atoms with van der Waals surface area (Å²) >= 11 is 1.88. The van der Waals surface area contributed by atoms with Crippen molar-refractivity contribution in [3.63, 3.8) is 0 Å². The van der Waals surface area contributed by atoms with Gasteiger partial charge in [0.1, 0.15) is 0 Å². The van der Waals surface area contributed by atoms with E-state index in [1.165, 1.54) is 25.7 Å². The Balaban J connectivity index is 1.33. The topological polar surface area (TPSA) is 68.0 Å². The number of thioether (sulfide) groups is 1. The fourth-order valence-electron chi connectivity index (χ4n) is 3.35. The van der Waals surface area contributed by atoms with Gasteiger partial charge in [-0.2, -0.15) is 4.98 Å². The molecule has 1 aromatic heterocycles. The molecule has 6 heteroatoms. The molecule has 0 radical (unpaired) electrons. The van der Waals surface area contributed by atoms with E-state index in [0.717, 1.165) is 16.1 Å². The van der Waals surface area contributed by atoms with Crippen molar-refractivity contribution < 1.29 is 9.32 Å². The van der Waals surface area contributed by atoms with Crippen LogP contribution in [0.1, 0.15) is 38.0 Å². The van der Waals surface area contributed by atoms with Crippen molar-refractivity contribution in [2.75, 3.05) is 5.32 Å². The number of carbonyl (C=O) groups is 1. The highest BCUT2D eigenvalue weighted by Crippen LogP contribution is 2.38. The highest BCUT2D eigenvalue weighted by Gasteiger charge is 2.18. The summed E-state index contributed by atoms with van der Waals surface area (Å²) in [7, 11) is 0. The lowest BCUT2D eigenvalue weighted by Gasteiger charge is -2.13. The zero-order valence-electron chi connectivity index (χ0n) is 15.6. The maximum absolute atomic E-state index is 12.4. The van der Waals surface area contributed by atoms with E-state index in [1.807, 2.05) is 60.3 Å². The van der Waals surface area contributed by atoms with Crippen LogP contribution < -0.4 is 5.32 Å². The molecular weight excluding hydrogens is 370 g/mol. The molecular formula is C22H23N3O2S. The van der Waals surface area contributed by atoms with Crippen LogP contribution in [-0.4, -0.2) is 21.3 Å². The van der Waals surface area contributed by atoms with Gasteiger partial charge in [0.25, 0.3) is 0 Å². The average molecular weight is 394 g/mol. The van der Waals surface area contributed by atoms with Crippen molar-refractivity contribution in [3.8, 4) is 11.4 Å². The number of hydrogen-bond acceptors (Lipinski definition) is 5. The quantitative estimate of drug-likeness (QED) is 0.586. The Hall–Kier alpha value is -2.60.